The first-order valence-corrected chi connectivity index (χ1v) is 6.22. The summed E-state index contributed by atoms with van der Waals surface area (Å²) in [6.07, 6.45) is 2.45. The second-order valence-electron chi connectivity index (χ2n) is 4.89. The van der Waals surface area contributed by atoms with Crippen LogP contribution in [0.5, 0.6) is 0 Å². The molecule has 0 bridgehead atoms. The number of carbonyl (C=O) groups is 1. The third-order valence-corrected chi connectivity index (χ3v) is 3.83. The van der Waals surface area contributed by atoms with Gasteiger partial charge >= 0.3 is 0 Å². The number of hydrogen-bond acceptors (Lipinski definition) is 3. The lowest BCUT2D eigenvalue weighted by molar-refractivity contribution is -0.131. The Balaban J connectivity index is 1.78. The number of piperazine rings is 1. The van der Waals surface area contributed by atoms with Crippen LogP contribution in [0.3, 0.4) is 0 Å². The molecule has 2 aliphatic heterocycles. The van der Waals surface area contributed by atoms with E-state index in [1.54, 1.807) is 6.92 Å². The van der Waals surface area contributed by atoms with Crippen LogP contribution in [0.25, 0.3) is 0 Å². The largest absolute Gasteiger partial charge is 0.459 e. The molecule has 2 aliphatic rings. The topological polar surface area (TPSA) is 26.8 Å². The van der Waals surface area contributed by atoms with Gasteiger partial charge in [-0.1, -0.05) is 0 Å². The van der Waals surface area contributed by atoms with Crippen LogP contribution in [0.4, 0.5) is 0 Å². The van der Waals surface area contributed by atoms with E-state index in [0.29, 0.717) is 6.04 Å². The van der Waals surface area contributed by atoms with Gasteiger partial charge in [0.15, 0.2) is 0 Å². The molecule has 4 nitrogen and oxygen atoms in total. The third-order valence-electron chi connectivity index (χ3n) is 3.83. The van der Waals surface area contributed by atoms with E-state index in [2.05, 4.69) is 16.8 Å². The van der Waals surface area contributed by atoms with E-state index in [0.717, 1.165) is 39.3 Å². The van der Waals surface area contributed by atoms with Gasteiger partial charge in [0, 0.05) is 39.1 Å². The van der Waals surface area contributed by atoms with Gasteiger partial charge in [-0.25, -0.2) is 0 Å². The first kappa shape index (κ1) is 11.9. The van der Waals surface area contributed by atoms with Crippen LogP contribution in [-0.4, -0.2) is 65.9 Å². The summed E-state index contributed by atoms with van der Waals surface area (Å²) in [5.41, 5.74) is 0. The number of likely N-dealkylation sites (tertiary alicyclic amines) is 1. The zero-order valence-electron chi connectivity index (χ0n) is 10.2. The van der Waals surface area contributed by atoms with E-state index >= 15 is 0 Å². The van der Waals surface area contributed by atoms with Crippen molar-refractivity contribution in [2.24, 2.45) is 0 Å². The number of amides is 1. The lowest BCUT2D eigenvalue weighted by Gasteiger charge is -2.43. The monoisotopic (exact) mass is 224 g/mol. The normalized spacial score (nSPS) is 26.0. The van der Waals surface area contributed by atoms with Crippen LogP contribution in [0.2, 0.25) is 0 Å². The number of rotatable bonds is 1. The highest BCUT2D eigenvalue weighted by molar-refractivity contribution is 5.73. The molecule has 0 spiro atoms. The maximum absolute atomic E-state index is 11.2. The van der Waals surface area contributed by atoms with Crippen molar-refractivity contribution in [2.75, 3.05) is 39.3 Å². The molecule has 0 aliphatic carbocycles. The number of carbonyl (C=O) groups excluding carboxylic acids is 1. The molecule has 0 unspecified atom stereocenters. The minimum Gasteiger partial charge on any atom is -0.459 e. The van der Waals surface area contributed by atoms with Gasteiger partial charge in [-0.2, -0.15) is 0 Å². The Kier molecular flexibility index (Phi) is 3.82. The van der Waals surface area contributed by atoms with Crippen LogP contribution < -0.4 is 0 Å². The molecule has 0 aromatic heterocycles. The SMILES string of the molecule is [CH2-]N1CCC(N2CCN(C(C)=O)CC2)CC1. The molecule has 2 fully saturated rings. The average Bonchev–Trinajstić information content (AvgIpc) is 2.30. The zero-order valence-corrected chi connectivity index (χ0v) is 10.2. The highest BCUT2D eigenvalue weighted by Crippen LogP contribution is 2.17. The van der Waals surface area contributed by atoms with Gasteiger partial charge in [-0.3, -0.25) is 16.7 Å². The van der Waals surface area contributed by atoms with Crippen molar-refractivity contribution in [1.82, 2.24) is 14.7 Å². The molecule has 0 aromatic rings. The summed E-state index contributed by atoms with van der Waals surface area (Å²) >= 11 is 0. The minimum atomic E-state index is 0.215. The maximum Gasteiger partial charge on any atom is 0.219 e. The molecule has 0 N–H and O–H groups in total. The Morgan fingerprint density at radius 1 is 1.06 bits per heavy atom. The van der Waals surface area contributed by atoms with Gasteiger partial charge in [0.25, 0.3) is 0 Å². The van der Waals surface area contributed by atoms with Crippen LogP contribution in [0, 0.1) is 7.05 Å². The van der Waals surface area contributed by atoms with Gasteiger partial charge in [-0.15, -0.1) is 0 Å². The quantitative estimate of drug-likeness (QED) is 0.604. The van der Waals surface area contributed by atoms with Crippen LogP contribution >= 0.6 is 0 Å². The van der Waals surface area contributed by atoms with Gasteiger partial charge in [0.05, 0.1) is 0 Å². The first-order chi connectivity index (χ1) is 7.66. The summed E-state index contributed by atoms with van der Waals surface area (Å²) in [5, 5.41) is 0. The Hall–Kier alpha value is -0.610. The Labute approximate surface area is 98.2 Å². The van der Waals surface area contributed by atoms with Crippen molar-refractivity contribution in [3.8, 4) is 0 Å². The van der Waals surface area contributed by atoms with Crippen molar-refractivity contribution in [1.29, 1.82) is 0 Å². The maximum atomic E-state index is 11.2. The van der Waals surface area contributed by atoms with E-state index < -0.39 is 0 Å². The molecule has 0 radical (unpaired) electrons. The molecule has 0 saturated carbocycles. The number of hydrogen-bond donors (Lipinski definition) is 0. The molecular formula is C12H22N3O-. The van der Waals surface area contributed by atoms with Gasteiger partial charge in [-0.05, 0) is 25.9 Å². The summed E-state index contributed by atoms with van der Waals surface area (Å²) in [6, 6.07) is 0.715. The molecule has 0 aromatic carbocycles. The molecule has 2 rings (SSSR count). The molecule has 0 atom stereocenters. The summed E-state index contributed by atoms with van der Waals surface area (Å²) in [5.74, 6) is 0.215. The van der Waals surface area contributed by atoms with Crippen molar-refractivity contribution in [3.05, 3.63) is 7.05 Å². The molecule has 2 heterocycles. The van der Waals surface area contributed by atoms with E-state index in [1.807, 2.05) is 4.90 Å². The lowest BCUT2D eigenvalue weighted by atomic mass is 10.0. The van der Waals surface area contributed by atoms with Crippen LogP contribution in [-0.2, 0) is 4.79 Å². The van der Waals surface area contributed by atoms with Crippen molar-refractivity contribution < 1.29 is 4.79 Å². The minimum absolute atomic E-state index is 0.215. The van der Waals surface area contributed by atoms with Gasteiger partial charge < -0.3 is 9.80 Å². The summed E-state index contributed by atoms with van der Waals surface area (Å²) in [6.45, 7) is 7.77. The summed E-state index contributed by atoms with van der Waals surface area (Å²) < 4.78 is 0. The van der Waals surface area contributed by atoms with E-state index in [1.165, 1.54) is 12.8 Å². The Bertz CT molecular complexity index is 241. The number of nitrogens with zero attached hydrogens (tertiary/aromatic N) is 3. The molecular weight excluding hydrogens is 202 g/mol. The third kappa shape index (κ3) is 2.74. The Morgan fingerprint density at radius 3 is 2.12 bits per heavy atom. The van der Waals surface area contributed by atoms with E-state index in [4.69, 9.17) is 0 Å². The second-order valence-corrected chi connectivity index (χ2v) is 4.89. The predicted octanol–water partition coefficient (Wildman–Crippen LogP) is 0.406. The highest BCUT2D eigenvalue weighted by Gasteiger charge is 2.25. The van der Waals surface area contributed by atoms with Crippen molar-refractivity contribution in [2.45, 2.75) is 25.8 Å². The molecule has 16 heavy (non-hydrogen) atoms. The van der Waals surface area contributed by atoms with Gasteiger partial charge in [0.2, 0.25) is 5.91 Å². The standard InChI is InChI=1S/C12H22N3O/c1-11(16)14-7-9-15(10-8-14)12-3-5-13(2)6-4-12/h12H,2-10H2,1H3/q-1. The fourth-order valence-corrected chi connectivity index (χ4v) is 2.69. The zero-order chi connectivity index (χ0) is 11.5. The van der Waals surface area contributed by atoms with Crippen molar-refractivity contribution >= 4 is 5.91 Å². The molecule has 1 amide bonds. The Morgan fingerprint density at radius 2 is 1.62 bits per heavy atom. The summed E-state index contributed by atoms with van der Waals surface area (Å²) in [7, 11) is 3.97. The first-order valence-electron chi connectivity index (χ1n) is 6.22. The second kappa shape index (κ2) is 5.15. The molecule has 2 saturated heterocycles. The van der Waals surface area contributed by atoms with Crippen molar-refractivity contribution in [3.63, 3.8) is 0 Å². The smallest absolute Gasteiger partial charge is 0.219 e. The fourth-order valence-electron chi connectivity index (χ4n) is 2.69. The summed E-state index contributed by atoms with van der Waals surface area (Å²) in [4.78, 5) is 17.9. The molecule has 92 valence electrons. The predicted molar refractivity (Wildman–Crippen MR) is 63.8 cm³/mol. The highest BCUT2D eigenvalue weighted by atomic mass is 16.2. The van der Waals surface area contributed by atoms with Gasteiger partial charge in [0.1, 0.15) is 0 Å². The fraction of sp³-hybridized carbons (Fsp3) is 0.833. The van der Waals surface area contributed by atoms with Crippen LogP contribution in [0.1, 0.15) is 19.8 Å². The van der Waals surface area contributed by atoms with E-state index in [9.17, 15) is 4.79 Å². The average molecular weight is 224 g/mol. The lowest BCUT2D eigenvalue weighted by Crippen LogP contribution is -2.53. The van der Waals surface area contributed by atoms with E-state index in [-0.39, 0.29) is 5.91 Å². The molecule has 4 heteroatoms. The number of piperidine rings is 1. The van der Waals surface area contributed by atoms with Crippen LogP contribution in [0.15, 0.2) is 0 Å².